The summed E-state index contributed by atoms with van der Waals surface area (Å²) in [5.74, 6) is 0. The second kappa shape index (κ2) is 2.57. The standard InChI is InChI=1S/C10H14O/c1-8-9(5-6-11-8)7-10(2,3)4/h5-7H,1H2,2-4H3/b9-7+. The second-order valence-corrected chi connectivity index (χ2v) is 3.81. The lowest BCUT2D eigenvalue weighted by molar-refractivity contribution is 0.530. The van der Waals surface area contributed by atoms with Gasteiger partial charge in [0.05, 0.1) is 6.26 Å². The molecule has 0 N–H and O–H groups in total. The lowest BCUT2D eigenvalue weighted by Crippen LogP contribution is -2.20. The summed E-state index contributed by atoms with van der Waals surface area (Å²) in [4.78, 5) is 0. The van der Waals surface area contributed by atoms with E-state index in [0.717, 1.165) is 10.6 Å². The normalized spacial score (nSPS) is 13.9. The molecule has 0 amide bonds. The van der Waals surface area contributed by atoms with Crippen molar-refractivity contribution in [3.63, 3.8) is 0 Å². The monoisotopic (exact) mass is 150 g/mol. The Labute approximate surface area is 67.0 Å². The van der Waals surface area contributed by atoms with E-state index in [9.17, 15) is 0 Å². The van der Waals surface area contributed by atoms with Crippen LogP contribution in [0.5, 0.6) is 0 Å². The highest BCUT2D eigenvalue weighted by molar-refractivity contribution is 5.29. The molecular formula is C10H14O. The number of hydrogen-bond acceptors (Lipinski definition) is 1. The minimum absolute atomic E-state index is 0.191. The van der Waals surface area contributed by atoms with Crippen LogP contribution in [-0.4, -0.2) is 0 Å². The molecule has 0 saturated heterocycles. The maximum absolute atomic E-state index is 5.07. The fraction of sp³-hybridized carbons (Fsp3) is 0.400. The number of rotatable bonds is 0. The third-order valence-electron chi connectivity index (χ3n) is 1.37. The highest BCUT2D eigenvalue weighted by Gasteiger charge is 2.04. The molecule has 0 aliphatic carbocycles. The van der Waals surface area contributed by atoms with Crippen molar-refractivity contribution in [1.29, 1.82) is 0 Å². The zero-order chi connectivity index (χ0) is 8.48. The van der Waals surface area contributed by atoms with Crippen molar-refractivity contribution in [2.45, 2.75) is 20.8 Å². The first-order valence-electron chi connectivity index (χ1n) is 3.74. The molecule has 1 aromatic rings. The van der Waals surface area contributed by atoms with Crippen LogP contribution in [0.25, 0.3) is 12.7 Å². The van der Waals surface area contributed by atoms with Gasteiger partial charge in [-0.15, -0.1) is 0 Å². The lowest BCUT2D eigenvalue weighted by Gasteiger charge is -2.09. The van der Waals surface area contributed by atoms with E-state index in [1.807, 2.05) is 6.07 Å². The van der Waals surface area contributed by atoms with Crippen LogP contribution < -0.4 is 10.6 Å². The van der Waals surface area contributed by atoms with Gasteiger partial charge < -0.3 is 4.42 Å². The third-order valence-corrected chi connectivity index (χ3v) is 1.37. The molecule has 1 heteroatoms. The van der Waals surface area contributed by atoms with Gasteiger partial charge in [0, 0.05) is 5.22 Å². The van der Waals surface area contributed by atoms with Gasteiger partial charge in [-0.25, -0.2) is 0 Å². The molecule has 0 bridgehead atoms. The minimum atomic E-state index is 0.191. The minimum Gasteiger partial charge on any atom is -0.465 e. The molecule has 0 fully saturated rings. The highest BCUT2D eigenvalue weighted by Crippen LogP contribution is 2.13. The van der Waals surface area contributed by atoms with E-state index in [1.165, 1.54) is 0 Å². The van der Waals surface area contributed by atoms with Gasteiger partial charge in [0.2, 0.25) is 0 Å². The summed E-state index contributed by atoms with van der Waals surface area (Å²) in [5.41, 5.74) is 0.941. The van der Waals surface area contributed by atoms with Gasteiger partial charge in [-0.05, 0) is 11.5 Å². The molecule has 1 aromatic heterocycles. The van der Waals surface area contributed by atoms with E-state index < -0.39 is 0 Å². The van der Waals surface area contributed by atoms with Crippen LogP contribution in [0.3, 0.4) is 0 Å². The van der Waals surface area contributed by atoms with Gasteiger partial charge >= 0.3 is 0 Å². The maximum Gasteiger partial charge on any atom is 0.126 e. The Morgan fingerprint density at radius 1 is 1.45 bits per heavy atom. The van der Waals surface area contributed by atoms with Crippen LogP contribution in [0.1, 0.15) is 20.8 Å². The molecule has 60 valence electrons. The summed E-state index contributed by atoms with van der Waals surface area (Å²) in [7, 11) is 0. The SMILES string of the molecule is C=c1occ/c1=C\C(C)(C)C. The largest absolute Gasteiger partial charge is 0.465 e. The molecular weight excluding hydrogens is 136 g/mol. The Morgan fingerprint density at radius 2 is 2.09 bits per heavy atom. The van der Waals surface area contributed by atoms with Crippen molar-refractivity contribution in [1.82, 2.24) is 0 Å². The van der Waals surface area contributed by atoms with Crippen molar-refractivity contribution >= 4 is 12.7 Å². The van der Waals surface area contributed by atoms with Crippen molar-refractivity contribution in [3.05, 3.63) is 23.0 Å². The van der Waals surface area contributed by atoms with Crippen LogP contribution in [0.15, 0.2) is 16.7 Å². The Kier molecular flexibility index (Phi) is 1.90. The number of furan rings is 1. The van der Waals surface area contributed by atoms with E-state index in [2.05, 4.69) is 33.4 Å². The van der Waals surface area contributed by atoms with Gasteiger partial charge in [0.1, 0.15) is 5.42 Å². The zero-order valence-electron chi connectivity index (χ0n) is 7.35. The molecule has 0 spiro atoms. The summed E-state index contributed by atoms with van der Waals surface area (Å²) in [6, 6.07) is 1.94. The first-order valence-corrected chi connectivity index (χ1v) is 3.74. The average Bonchev–Trinajstić information content (AvgIpc) is 2.12. The van der Waals surface area contributed by atoms with Crippen molar-refractivity contribution in [2.24, 2.45) is 5.41 Å². The number of hydrogen-bond donors (Lipinski definition) is 0. The topological polar surface area (TPSA) is 13.1 Å². The molecule has 1 rings (SSSR count). The Balaban J connectivity index is 3.21. The molecule has 0 radical (unpaired) electrons. The molecule has 0 aromatic carbocycles. The van der Waals surface area contributed by atoms with Gasteiger partial charge in [-0.3, -0.25) is 0 Å². The predicted octanol–water partition coefficient (Wildman–Crippen LogP) is 1.52. The van der Waals surface area contributed by atoms with Gasteiger partial charge in [-0.1, -0.05) is 33.4 Å². The van der Waals surface area contributed by atoms with Gasteiger partial charge in [-0.2, -0.15) is 0 Å². The lowest BCUT2D eigenvalue weighted by atomic mass is 9.96. The molecule has 1 heterocycles. The van der Waals surface area contributed by atoms with E-state index in [-0.39, 0.29) is 5.41 Å². The van der Waals surface area contributed by atoms with Crippen molar-refractivity contribution in [2.75, 3.05) is 0 Å². The summed E-state index contributed by atoms with van der Waals surface area (Å²) in [6.07, 6.45) is 3.82. The maximum atomic E-state index is 5.07. The van der Waals surface area contributed by atoms with E-state index in [4.69, 9.17) is 4.42 Å². The Morgan fingerprint density at radius 3 is 2.45 bits per heavy atom. The molecule has 0 unspecified atom stereocenters. The smallest absolute Gasteiger partial charge is 0.126 e. The third kappa shape index (κ3) is 2.26. The molecule has 0 aliphatic rings. The molecule has 1 nitrogen and oxygen atoms in total. The van der Waals surface area contributed by atoms with Crippen LogP contribution in [0, 0.1) is 5.41 Å². The predicted molar refractivity (Wildman–Crippen MR) is 47.4 cm³/mol. The van der Waals surface area contributed by atoms with E-state index in [1.54, 1.807) is 6.26 Å². The Bertz CT molecular complexity index is 324. The fourth-order valence-electron chi connectivity index (χ4n) is 0.946. The van der Waals surface area contributed by atoms with E-state index >= 15 is 0 Å². The first-order chi connectivity index (χ1) is 4.99. The highest BCUT2D eigenvalue weighted by atomic mass is 16.3. The van der Waals surface area contributed by atoms with Crippen LogP contribution >= 0.6 is 0 Å². The van der Waals surface area contributed by atoms with Gasteiger partial charge in [0.15, 0.2) is 0 Å². The van der Waals surface area contributed by atoms with E-state index in [0.29, 0.717) is 0 Å². The summed E-state index contributed by atoms with van der Waals surface area (Å²) >= 11 is 0. The average molecular weight is 150 g/mol. The second-order valence-electron chi connectivity index (χ2n) is 3.81. The molecule has 0 atom stereocenters. The molecule has 0 saturated carbocycles. The zero-order valence-corrected chi connectivity index (χ0v) is 7.35. The van der Waals surface area contributed by atoms with Crippen LogP contribution in [0.2, 0.25) is 0 Å². The first kappa shape index (κ1) is 8.12. The fourth-order valence-corrected chi connectivity index (χ4v) is 0.946. The molecule has 11 heavy (non-hydrogen) atoms. The molecule has 0 aliphatic heterocycles. The van der Waals surface area contributed by atoms with Crippen molar-refractivity contribution < 1.29 is 4.42 Å². The Hall–Kier alpha value is -0.980. The quantitative estimate of drug-likeness (QED) is 0.546. The van der Waals surface area contributed by atoms with Gasteiger partial charge in [0.25, 0.3) is 0 Å². The van der Waals surface area contributed by atoms with Crippen molar-refractivity contribution in [3.8, 4) is 0 Å². The summed E-state index contributed by atoms with van der Waals surface area (Å²) in [5, 5.41) is 1.09. The summed E-state index contributed by atoms with van der Waals surface area (Å²) < 4.78 is 5.07. The van der Waals surface area contributed by atoms with Crippen LogP contribution in [0.4, 0.5) is 0 Å². The van der Waals surface area contributed by atoms with Crippen LogP contribution in [-0.2, 0) is 0 Å². The summed E-state index contributed by atoms with van der Waals surface area (Å²) in [6.45, 7) is 10.2.